The topological polar surface area (TPSA) is 97.8 Å². The van der Waals surface area contributed by atoms with Gasteiger partial charge in [-0.15, -0.1) is 0 Å². The maximum atomic E-state index is 13.1. The van der Waals surface area contributed by atoms with Crippen LogP contribution in [-0.4, -0.2) is 60.2 Å². The maximum Gasteiger partial charge on any atom is 0.253 e. The number of carbonyl (C=O) groups excluding carboxylic acids is 1. The number of para-hydroxylation sites is 1. The predicted molar refractivity (Wildman–Crippen MR) is 134 cm³/mol. The normalized spacial score (nSPS) is 23.2. The number of carbonyl (C=O) groups is 1. The van der Waals surface area contributed by atoms with E-state index in [1.54, 1.807) is 6.20 Å². The van der Waals surface area contributed by atoms with Crippen LogP contribution >= 0.6 is 0 Å². The highest BCUT2D eigenvalue weighted by Crippen LogP contribution is 2.29. The number of benzene rings is 1. The molecule has 1 aliphatic heterocycles. The second-order valence-corrected chi connectivity index (χ2v) is 9.25. The number of aryl methyl sites for hydroxylation is 1. The van der Waals surface area contributed by atoms with Crippen LogP contribution in [0.1, 0.15) is 47.4 Å². The summed E-state index contributed by atoms with van der Waals surface area (Å²) in [6, 6.07) is 13.9. The zero-order valence-electron chi connectivity index (χ0n) is 20.0. The van der Waals surface area contributed by atoms with Crippen LogP contribution in [0.4, 0.5) is 0 Å². The zero-order chi connectivity index (χ0) is 24.0. The van der Waals surface area contributed by atoms with Gasteiger partial charge in [0, 0.05) is 34.8 Å². The molecule has 0 bridgehead atoms. The lowest BCUT2D eigenvalue weighted by molar-refractivity contribution is -0.115. The lowest BCUT2D eigenvalue weighted by Crippen LogP contribution is -2.39. The molecule has 1 saturated carbocycles. The van der Waals surface area contributed by atoms with Crippen molar-refractivity contribution in [2.24, 2.45) is 11.1 Å². The number of fused-ring (bicyclic) bond motifs is 1. The van der Waals surface area contributed by atoms with Gasteiger partial charge in [0.2, 0.25) is 0 Å². The van der Waals surface area contributed by atoms with Gasteiger partial charge in [0.15, 0.2) is 0 Å². The number of aromatic amines is 1. The average Bonchev–Trinajstić information content (AvgIpc) is 3.24. The molecule has 35 heavy (non-hydrogen) atoms. The third-order valence-electron chi connectivity index (χ3n) is 6.81. The summed E-state index contributed by atoms with van der Waals surface area (Å²) in [5, 5.41) is 8.74. The van der Waals surface area contributed by atoms with Crippen LogP contribution in [0, 0.1) is 12.8 Å². The van der Waals surface area contributed by atoms with Gasteiger partial charge in [-0.3, -0.25) is 9.78 Å². The molecular formula is C27H32N4O4. The van der Waals surface area contributed by atoms with Crippen LogP contribution < -0.4 is 5.32 Å². The molecule has 3 aromatic rings. The molecule has 1 aliphatic carbocycles. The van der Waals surface area contributed by atoms with Gasteiger partial charge in [-0.25, -0.2) is 0 Å². The van der Waals surface area contributed by atoms with E-state index >= 15 is 0 Å². The van der Waals surface area contributed by atoms with Crippen LogP contribution in [0.2, 0.25) is 0 Å². The number of H-pyrrole nitrogens is 1. The first-order valence-electron chi connectivity index (χ1n) is 12.4. The summed E-state index contributed by atoms with van der Waals surface area (Å²) in [7, 11) is 0. The minimum Gasteiger partial charge on any atom is -0.393 e. The molecule has 1 saturated heterocycles. The van der Waals surface area contributed by atoms with E-state index in [9.17, 15) is 4.79 Å². The summed E-state index contributed by atoms with van der Waals surface area (Å²) < 4.78 is 11.1. The van der Waals surface area contributed by atoms with E-state index in [-0.39, 0.29) is 24.0 Å². The van der Waals surface area contributed by atoms with E-state index in [1.165, 1.54) is 0 Å². The van der Waals surface area contributed by atoms with Crippen molar-refractivity contribution in [3.05, 3.63) is 65.6 Å². The van der Waals surface area contributed by atoms with Gasteiger partial charge in [-0.2, -0.15) is 0 Å². The van der Waals surface area contributed by atoms with Crippen LogP contribution in [0.5, 0.6) is 0 Å². The van der Waals surface area contributed by atoms with E-state index in [4.69, 9.17) is 14.3 Å². The number of nitrogens with zero attached hydrogens (tertiary/aromatic N) is 2. The Morgan fingerprint density at radius 2 is 1.97 bits per heavy atom. The van der Waals surface area contributed by atoms with Crippen LogP contribution in [0.25, 0.3) is 10.9 Å². The Hall–Kier alpha value is -3.23. The maximum absolute atomic E-state index is 13.1. The molecule has 184 valence electrons. The second kappa shape index (κ2) is 11.0. The van der Waals surface area contributed by atoms with Crippen molar-refractivity contribution in [3.8, 4) is 0 Å². The molecule has 1 atom stereocenters. The summed E-state index contributed by atoms with van der Waals surface area (Å²) >= 11 is 0. The lowest BCUT2D eigenvalue weighted by atomic mass is 9.82. The van der Waals surface area contributed by atoms with Gasteiger partial charge in [0.25, 0.3) is 5.91 Å². The number of nitrogens with one attached hydrogen (secondary N) is 2. The van der Waals surface area contributed by atoms with Gasteiger partial charge in [0.1, 0.15) is 18.4 Å². The van der Waals surface area contributed by atoms with Crippen molar-refractivity contribution >= 4 is 22.5 Å². The zero-order valence-corrected chi connectivity index (χ0v) is 20.0. The van der Waals surface area contributed by atoms with Gasteiger partial charge in [-0.1, -0.05) is 29.4 Å². The Labute approximate surface area is 205 Å². The Kier molecular flexibility index (Phi) is 7.39. The Bertz CT molecular complexity index is 1160. The molecule has 1 unspecified atom stereocenters. The van der Waals surface area contributed by atoms with Crippen LogP contribution in [0.3, 0.4) is 0 Å². The number of pyridine rings is 1. The van der Waals surface area contributed by atoms with E-state index in [1.807, 2.05) is 49.4 Å². The van der Waals surface area contributed by atoms with E-state index in [2.05, 4.69) is 20.4 Å². The predicted octanol–water partition coefficient (Wildman–Crippen LogP) is 4.00. The van der Waals surface area contributed by atoms with E-state index < -0.39 is 0 Å². The molecule has 5 rings (SSSR count). The Balaban J connectivity index is 1.22. The number of hydrogen-bond acceptors (Lipinski definition) is 6. The van der Waals surface area contributed by atoms with Crippen molar-refractivity contribution in [2.45, 2.75) is 44.8 Å². The molecule has 8 heteroatoms. The molecule has 3 heterocycles. The first-order valence-corrected chi connectivity index (χ1v) is 12.4. The molecule has 2 aliphatic rings. The standard InChI is InChI=1S/C27H32N4O4/c1-18-25(22-6-2-3-7-23(22)29-18)27(32)30-20-11-9-19(10-12-20)26(24-8-4-5-13-28-24)31-35-17-21-16-33-14-15-34-21/h2-8,13,19-21,29H,9-12,14-17H2,1H3,(H,30,32)/b31-26+/t19-,20-,21?. The van der Waals surface area contributed by atoms with Crippen molar-refractivity contribution in [3.63, 3.8) is 0 Å². The summed E-state index contributed by atoms with van der Waals surface area (Å²) in [5.74, 6) is 0.205. The van der Waals surface area contributed by atoms with Gasteiger partial charge in [-0.05, 0) is 50.8 Å². The fourth-order valence-electron chi connectivity index (χ4n) is 5.01. The SMILES string of the molecule is Cc1[nH]c2ccccc2c1C(=O)N[C@H]1CC[C@H](/C(=N\OCC2COCCO2)c2ccccn2)CC1. The molecule has 2 fully saturated rings. The molecule has 0 spiro atoms. The minimum absolute atomic E-state index is 0.0138. The molecule has 1 aromatic carbocycles. The van der Waals surface area contributed by atoms with Crippen molar-refractivity contribution in [1.82, 2.24) is 15.3 Å². The lowest BCUT2D eigenvalue weighted by Gasteiger charge is -2.29. The van der Waals surface area contributed by atoms with Gasteiger partial charge in [0.05, 0.1) is 31.1 Å². The molecule has 1 amide bonds. The summed E-state index contributed by atoms with van der Waals surface area (Å²) in [5.41, 5.74) is 4.31. The highest BCUT2D eigenvalue weighted by molar-refractivity contribution is 6.08. The monoisotopic (exact) mass is 476 g/mol. The molecule has 2 N–H and O–H groups in total. The molecule has 8 nitrogen and oxygen atoms in total. The number of hydrogen-bond donors (Lipinski definition) is 2. The summed E-state index contributed by atoms with van der Waals surface area (Å²) in [4.78, 5) is 26.7. The molecular weight excluding hydrogens is 444 g/mol. The van der Waals surface area contributed by atoms with E-state index in [0.29, 0.717) is 26.4 Å². The Morgan fingerprint density at radius 1 is 1.14 bits per heavy atom. The van der Waals surface area contributed by atoms with Gasteiger partial charge >= 0.3 is 0 Å². The van der Waals surface area contributed by atoms with Gasteiger partial charge < -0.3 is 24.6 Å². The van der Waals surface area contributed by atoms with Crippen molar-refractivity contribution < 1.29 is 19.1 Å². The number of ether oxygens (including phenoxy) is 2. The number of rotatable bonds is 7. The average molecular weight is 477 g/mol. The van der Waals surface area contributed by atoms with Crippen LogP contribution in [-0.2, 0) is 14.3 Å². The molecule has 0 radical (unpaired) electrons. The summed E-state index contributed by atoms with van der Waals surface area (Å²) in [6.45, 7) is 4.03. The molecule has 2 aromatic heterocycles. The third kappa shape index (κ3) is 5.55. The fourth-order valence-corrected chi connectivity index (χ4v) is 5.01. The Morgan fingerprint density at radius 3 is 2.74 bits per heavy atom. The van der Waals surface area contributed by atoms with Crippen molar-refractivity contribution in [1.29, 1.82) is 0 Å². The number of aromatic nitrogens is 2. The highest BCUT2D eigenvalue weighted by atomic mass is 16.7. The van der Waals surface area contributed by atoms with Crippen molar-refractivity contribution in [2.75, 3.05) is 26.4 Å². The largest absolute Gasteiger partial charge is 0.393 e. The number of amides is 1. The van der Waals surface area contributed by atoms with Crippen LogP contribution in [0.15, 0.2) is 53.8 Å². The second-order valence-electron chi connectivity index (χ2n) is 9.25. The van der Waals surface area contributed by atoms with E-state index in [0.717, 1.165) is 59.2 Å². The smallest absolute Gasteiger partial charge is 0.253 e. The minimum atomic E-state index is -0.101. The highest BCUT2D eigenvalue weighted by Gasteiger charge is 2.29. The summed E-state index contributed by atoms with van der Waals surface area (Å²) in [6.07, 6.45) is 5.24. The first kappa shape index (κ1) is 23.5. The quantitative estimate of drug-likeness (QED) is 0.397. The third-order valence-corrected chi connectivity index (χ3v) is 6.81. The number of oxime groups is 1. The fraction of sp³-hybridized carbons (Fsp3) is 0.444. The first-order chi connectivity index (χ1) is 17.2.